The number of thiophene rings is 1. The van der Waals surface area contributed by atoms with Gasteiger partial charge in [0.2, 0.25) is 5.91 Å². The molecule has 33 heavy (non-hydrogen) atoms. The van der Waals surface area contributed by atoms with Gasteiger partial charge in [-0.25, -0.2) is 0 Å². The van der Waals surface area contributed by atoms with Crippen molar-refractivity contribution in [1.29, 1.82) is 0 Å². The Kier molecular flexibility index (Phi) is 6.48. The van der Waals surface area contributed by atoms with Crippen molar-refractivity contribution in [3.05, 3.63) is 53.9 Å². The summed E-state index contributed by atoms with van der Waals surface area (Å²) in [5.74, 6) is 1.84. The lowest BCUT2D eigenvalue weighted by molar-refractivity contribution is -0.121. The second-order valence-corrected chi connectivity index (χ2v) is 9.86. The molecule has 0 spiro atoms. The van der Waals surface area contributed by atoms with E-state index in [2.05, 4.69) is 22.4 Å². The van der Waals surface area contributed by atoms with Crippen LogP contribution in [0.25, 0.3) is 27.6 Å². The molecule has 0 radical (unpaired) electrons. The van der Waals surface area contributed by atoms with Crippen molar-refractivity contribution in [3.8, 4) is 22.0 Å². The molecule has 3 heterocycles. The molecule has 170 valence electrons. The Labute approximate surface area is 198 Å². The van der Waals surface area contributed by atoms with Crippen molar-refractivity contribution in [3.63, 3.8) is 0 Å². The number of rotatable bonds is 7. The van der Waals surface area contributed by atoms with Crippen LogP contribution >= 0.6 is 11.3 Å². The van der Waals surface area contributed by atoms with Gasteiger partial charge in [-0.3, -0.25) is 4.79 Å². The van der Waals surface area contributed by atoms with Gasteiger partial charge in [-0.2, -0.15) is 9.61 Å². The monoisotopic (exact) mass is 459 g/mol. The van der Waals surface area contributed by atoms with E-state index < -0.39 is 0 Å². The summed E-state index contributed by atoms with van der Waals surface area (Å²) >= 11 is 1.62. The highest BCUT2D eigenvalue weighted by molar-refractivity contribution is 7.13. The number of aromatic nitrogens is 4. The molecule has 0 saturated heterocycles. The summed E-state index contributed by atoms with van der Waals surface area (Å²) in [6.07, 6.45) is 8.26. The van der Waals surface area contributed by atoms with Crippen LogP contribution in [0.2, 0.25) is 0 Å². The lowest BCUT2D eigenvalue weighted by Gasteiger charge is -2.27. The molecule has 1 fully saturated rings. The molecule has 6 nitrogen and oxygen atoms in total. The SMILES string of the molecule is CCCCC1CCC(C(=O)Nc2ccc(-c3ccc4nnc(-c5cccs5)n4n3)cc2)CC1. The molecule has 1 amide bonds. The number of benzene rings is 1. The van der Waals surface area contributed by atoms with Crippen molar-refractivity contribution in [2.75, 3.05) is 5.32 Å². The molecule has 5 rings (SSSR count). The Morgan fingerprint density at radius 1 is 1.06 bits per heavy atom. The van der Waals surface area contributed by atoms with E-state index in [9.17, 15) is 4.79 Å². The van der Waals surface area contributed by atoms with Crippen molar-refractivity contribution in [2.24, 2.45) is 11.8 Å². The molecule has 3 aromatic heterocycles. The van der Waals surface area contributed by atoms with Gasteiger partial charge in [0.05, 0.1) is 10.6 Å². The minimum absolute atomic E-state index is 0.135. The Morgan fingerprint density at radius 3 is 2.61 bits per heavy atom. The number of anilines is 1. The molecule has 1 aromatic carbocycles. The van der Waals surface area contributed by atoms with Gasteiger partial charge < -0.3 is 5.32 Å². The molecule has 1 aliphatic carbocycles. The number of carbonyl (C=O) groups excluding carboxylic acids is 1. The first-order valence-electron chi connectivity index (χ1n) is 11.9. The molecular formula is C26H29N5OS. The highest BCUT2D eigenvalue weighted by Gasteiger charge is 2.26. The van der Waals surface area contributed by atoms with E-state index in [1.165, 1.54) is 32.1 Å². The highest BCUT2D eigenvalue weighted by Crippen LogP contribution is 2.33. The van der Waals surface area contributed by atoms with Gasteiger partial charge >= 0.3 is 0 Å². The standard InChI is InChI=1S/C26H29N5OS/c1-2-3-5-18-7-9-20(10-8-18)26(32)27-21-13-11-19(12-14-21)22-15-16-24-28-29-25(31(24)30-22)23-6-4-17-33-23/h4,6,11-18,20H,2-3,5,7-10H2,1H3,(H,27,32). The predicted octanol–water partition coefficient (Wildman–Crippen LogP) is 6.45. The Hall–Kier alpha value is -3.06. The van der Waals surface area contributed by atoms with E-state index in [-0.39, 0.29) is 11.8 Å². The molecule has 1 saturated carbocycles. The zero-order valence-corrected chi connectivity index (χ0v) is 19.7. The van der Waals surface area contributed by atoms with Crippen molar-refractivity contribution in [2.45, 2.75) is 51.9 Å². The second kappa shape index (κ2) is 9.83. The summed E-state index contributed by atoms with van der Waals surface area (Å²) in [5.41, 5.74) is 3.37. The number of hydrogen-bond acceptors (Lipinski definition) is 5. The molecule has 0 aliphatic heterocycles. The van der Waals surface area contributed by atoms with Crippen LogP contribution in [0.4, 0.5) is 5.69 Å². The number of hydrogen-bond donors (Lipinski definition) is 1. The Balaban J connectivity index is 1.25. The van der Waals surface area contributed by atoms with Crippen molar-refractivity contribution in [1.82, 2.24) is 19.8 Å². The maximum Gasteiger partial charge on any atom is 0.227 e. The minimum Gasteiger partial charge on any atom is -0.326 e. The third-order valence-corrected chi connectivity index (χ3v) is 7.50. The lowest BCUT2D eigenvalue weighted by atomic mass is 9.79. The highest BCUT2D eigenvalue weighted by atomic mass is 32.1. The number of fused-ring (bicyclic) bond motifs is 1. The fourth-order valence-electron chi connectivity index (χ4n) is 4.68. The molecule has 0 unspecified atom stereocenters. The molecule has 1 aliphatic rings. The van der Waals surface area contributed by atoms with Gasteiger partial charge in [0.15, 0.2) is 11.5 Å². The van der Waals surface area contributed by atoms with Crippen LogP contribution < -0.4 is 5.32 Å². The summed E-state index contributed by atoms with van der Waals surface area (Å²) in [6.45, 7) is 2.25. The summed E-state index contributed by atoms with van der Waals surface area (Å²) < 4.78 is 1.79. The Bertz CT molecular complexity index is 1210. The van der Waals surface area contributed by atoms with Crippen LogP contribution in [0.15, 0.2) is 53.9 Å². The molecule has 7 heteroatoms. The largest absolute Gasteiger partial charge is 0.326 e. The zero-order valence-electron chi connectivity index (χ0n) is 18.9. The summed E-state index contributed by atoms with van der Waals surface area (Å²) in [6, 6.07) is 15.8. The summed E-state index contributed by atoms with van der Waals surface area (Å²) in [5, 5.41) is 18.4. The molecule has 1 N–H and O–H groups in total. The third-order valence-electron chi connectivity index (χ3n) is 6.64. The third kappa shape index (κ3) is 4.83. The van der Waals surface area contributed by atoms with Crippen LogP contribution in [0.1, 0.15) is 51.9 Å². The molecule has 0 atom stereocenters. The fourth-order valence-corrected chi connectivity index (χ4v) is 5.37. The van der Waals surface area contributed by atoms with E-state index in [1.807, 2.05) is 53.9 Å². The van der Waals surface area contributed by atoms with Crippen LogP contribution in [-0.2, 0) is 4.79 Å². The van der Waals surface area contributed by atoms with Gasteiger partial charge in [-0.1, -0.05) is 44.4 Å². The second-order valence-electron chi connectivity index (χ2n) is 8.92. The summed E-state index contributed by atoms with van der Waals surface area (Å²) in [7, 11) is 0. The molecule has 4 aromatic rings. The van der Waals surface area contributed by atoms with E-state index in [1.54, 1.807) is 15.9 Å². The maximum absolute atomic E-state index is 12.8. The predicted molar refractivity (Wildman–Crippen MR) is 133 cm³/mol. The first-order chi connectivity index (χ1) is 16.2. The average Bonchev–Trinajstić information content (AvgIpc) is 3.53. The van der Waals surface area contributed by atoms with Gasteiger partial charge in [0, 0.05) is 17.2 Å². The number of nitrogens with one attached hydrogen (secondary N) is 1. The van der Waals surface area contributed by atoms with Crippen molar-refractivity contribution >= 4 is 28.6 Å². The van der Waals surface area contributed by atoms with Crippen molar-refractivity contribution < 1.29 is 4.79 Å². The van der Waals surface area contributed by atoms with Gasteiger partial charge in [0.25, 0.3) is 0 Å². The van der Waals surface area contributed by atoms with E-state index in [0.29, 0.717) is 0 Å². The normalized spacial score (nSPS) is 18.5. The van der Waals surface area contributed by atoms with Gasteiger partial charge in [-0.15, -0.1) is 21.5 Å². The number of amides is 1. The average molecular weight is 460 g/mol. The first kappa shape index (κ1) is 21.8. The van der Waals surface area contributed by atoms with Gasteiger partial charge in [-0.05, 0) is 67.3 Å². The van der Waals surface area contributed by atoms with E-state index >= 15 is 0 Å². The van der Waals surface area contributed by atoms with Crippen LogP contribution in [0.5, 0.6) is 0 Å². The topological polar surface area (TPSA) is 72.2 Å². The smallest absolute Gasteiger partial charge is 0.227 e. The number of nitrogens with zero attached hydrogens (tertiary/aromatic N) is 4. The lowest BCUT2D eigenvalue weighted by Crippen LogP contribution is -2.27. The van der Waals surface area contributed by atoms with Gasteiger partial charge in [0.1, 0.15) is 0 Å². The zero-order chi connectivity index (χ0) is 22.6. The van der Waals surface area contributed by atoms with E-state index in [4.69, 9.17) is 5.10 Å². The fraction of sp³-hybridized carbons (Fsp3) is 0.385. The van der Waals surface area contributed by atoms with Crippen LogP contribution in [-0.4, -0.2) is 25.7 Å². The number of unbranched alkanes of at least 4 members (excludes halogenated alkanes) is 1. The van der Waals surface area contributed by atoms with E-state index in [0.717, 1.165) is 52.1 Å². The molecular weight excluding hydrogens is 430 g/mol. The minimum atomic E-state index is 0.135. The quantitative estimate of drug-likeness (QED) is 0.344. The number of carbonyl (C=O) groups is 1. The summed E-state index contributed by atoms with van der Waals surface area (Å²) in [4.78, 5) is 13.8. The molecule has 0 bridgehead atoms. The van der Waals surface area contributed by atoms with Crippen LogP contribution in [0, 0.1) is 11.8 Å². The first-order valence-corrected chi connectivity index (χ1v) is 12.8. The van der Waals surface area contributed by atoms with Crippen LogP contribution in [0.3, 0.4) is 0 Å². The Morgan fingerprint density at radius 2 is 1.88 bits per heavy atom. The maximum atomic E-state index is 12.8.